The molecule has 0 spiro atoms. The minimum atomic E-state index is -1.12. The third-order valence-electron chi connectivity index (χ3n) is 10.8. The van der Waals surface area contributed by atoms with Crippen molar-refractivity contribution in [1.82, 2.24) is 36.5 Å². The first-order chi connectivity index (χ1) is 27.1. The fraction of sp³-hybridized carbons (Fsp3) is 0.619. The first kappa shape index (κ1) is 45.8. The van der Waals surface area contributed by atoms with Gasteiger partial charge in [0.05, 0.1) is 25.6 Å². The molecule has 2 aliphatic heterocycles. The molecule has 0 radical (unpaired) electrons. The number of carbonyl (C=O) groups is 6. The number of aliphatic imine (C=N–C) groups is 1. The van der Waals surface area contributed by atoms with Crippen LogP contribution in [0.25, 0.3) is 0 Å². The molecule has 0 aliphatic carbocycles. The molecule has 4 rings (SSSR count). The lowest BCUT2D eigenvalue weighted by Gasteiger charge is -2.39. The number of hydrogen-bond donors (Lipinski definition) is 5. The summed E-state index contributed by atoms with van der Waals surface area (Å²) in [5, 5.41) is 17.6. The topological polar surface area (TPSA) is 200 Å². The number of rotatable bonds is 11. The number of fused-ring (bicyclic) bond motifs is 1. The molecule has 58 heavy (non-hydrogen) atoms. The Hall–Kier alpha value is -4.86. The first-order valence-corrected chi connectivity index (χ1v) is 20.8. The second kappa shape index (κ2) is 19.3. The third-order valence-corrected chi connectivity index (χ3v) is 11.7. The van der Waals surface area contributed by atoms with Crippen LogP contribution in [0.15, 0.2) is 46.9 Å². The number of esters is 1. The molecule has 2 aliphatic rings. The number of nitrogens with one attached hydrogen (secondary N) is 5. The number of hydrogen-bond acceptors (Lipinski definition) is 11. The molecule has 0 saturated carbocycles. The van der Waals surface area contributed by atoms with Gasteiger partial charge < -0.3 is 36.2 Å². The molecule has 5 amide bonds. The van der Waals surface area contributed by atoms with E-state index < -0.39 is 76.7 Å². The smallest absolute Gasteiger partial charge is 0.308 e. The number of benzene rings is 1. The summed E-state index contributed by atoms with van der Waals surface area (Å²) in [5.74, 6) is -3.49. The highest BCUT2D eigenvalue weighted by molar-refractivity contribution is 7.09. The van der Waals surface area contributed by atoms with E-state index in [0.29, 0.717) is 18.0 Å². The van der Waals surface area contributed by atoms with Gasteiger partial charge in [-0.2, -0.15) is 0 Å². The summed E-state index contributed by atoms with van der Waals surface area (Å²) in [6.45, 7) is 18.8. The molecule has 318 valence electrons. The Morgan fingerprint density at radius 1 is 0.966 bits per heavy atom. The minimum absolute atomic E-state index is 0.124. The van der Waals surface area contributed by atoms with Crippen molar-refractivity contribution < 1.29 is 33.5 Å². The van der Waals surface area contributed by atoms with E-state index >= 15 is 0 Å². The van der Waals surface area contributed by atoms with E-state index in [-0.39, 0.29) is 42.5 Å². The van der Waals surface area contributed by atoms with Gasteiger partial charge in [-0.25, -0.2) is 4.98 Å². The van der Waals surface area contributed by atoms with Gasteiger partial charge in [-0.3, -0.25) is 33.8 Å². The number of nitrogens with zero attached hydrogens (tertiary/aromatic N) is 3. The average molecular weight is 823 g/mol. The summed E-state index contributed by atoms with van der Waals surface area (Å²) in [7, 11) is 1.27. The van der Waals surface area contributed by atoms with E-state index in [2.05, 4.69) is 31.6 Å². The van der Waals surface area contributed by atoms with Crippen LogP contribution >= 0.6 is 11.3 Å². The van der Waals surface area contributed by atoms with Crippen molar-refractivity contribution in [3.05, 3.63) is 52.5 Å². The predicted molar refractivity (Wildman–Crippen MR) is 223 cm³/mol. The lowest BCUT2D eigenvalue weighted by atomic mass is 9.82. The first-order valence-electron chi connectivity index (χ1n) is 20.0. The van der Waals surface area contributed by atoms with E-state index in [1.54, 1.807) is 11.6 Å². The van der Waals surface area contributed by atoms with Gasteiger partial charge in [-0.15, -0.1) is 11.3 Å². The molecule has 2 aromatic rings. The van der Waals surface area contributed by atoms with E-state index in [0.717, 1.165) is 5.56 Å². The molecule has 0 bridgehead atoms. The molecule has 1 aromatic carbocycles. The van der Waals surface area contributed by atoms with Gasteiger partial charge in [0.2, 0.25) is 29.5 Å². The van der Waals surface area contributed by atoms with Crippen molar-refractivity contribution in [1.29, 1.82) is 0 Å². The van der Waals surface area contributed by atoms with E-state index in [9.17, 15) is 28.8 Å². The number of aromatic nitrogens is 1. The van der Waals surface area contributed by atoms with E-state index in [1.807, 2.05) is 99.6 Å². The molecule has 3 heterocycles. The van der Waals surface area contributed by atoms with Crippen LogP contribution in [0.5, 0.6) is 0 Å². The summed E-state index contributed by atoms with van der Waals surface area (Å²) < 4.78 is 4.91. The Morgan fingerprint density at radius 2 is 1.64 bits per heavy atom. The van der Waals surface area contributed by atoms with Crippen LogP contribution in [0.1, 0.15) is 105 Å². The van der Waals surface area contributed by atoms with Crippen LogP contribution in [-0.2, 0) is 33.5 Å². The van der Waals surface area contributed by atoms with Crippen molar-refractivity contribution in [2.24, 2.45) is 27.7 Å². The summed E-state index contributed by atoms with van der Waals surface area (Å²) in [6.07, 6.45) is 2.04. The number of ether oxygens (including phenoxy) is 1. The number of thiazole rings is 1. The highest BCUT2D eigenvalue weighted by Crippen LogP contribution is 2.29. The lowest BCUT2D eigenvalue weighted by molar-refractivity contribution is -0.141. The monoisotopic (exact) mass is 822 g/mol. The van der Waals surface area contributed by atoms with Crippen molar-refractivity contribution in [2.75, 3.05) is 20.2 Å². The van der Waals surface area contributed by atoms with Crippen LogP contribution in [0, 0.1) is 22.7 Å². The SMILES string of the molecule is COC(=O)C[C@@H](NC(=O)C(NC(=O)[C@@H](NC1=NCC(=O)N2CC[C@@H](C)[C@H]2C(=O)N[C@@H](C(C)C)C(=O)N[C@H]1C(C)(C)C)C(C)(C)C)[C@@H](C)c1ccccc1)c1nccs1. The van der Waals surface area contributed by atoms with Crippen molar-refractivity contribution in [3.63, 3.8) is 0 Å². The predicted octanol–water partition coefficient (Wildman–Crippen LogP) is 3.48. The molecular weight excluding hydrogens is 761 g/mol. The summed E-state index contributed by atoms with van der Waals surface area (Å²) >= 11 is 1.28. The molecule has 1 unspecified atom stereocenters. The van der Waals surface area contributed by atoms with Gasteiger partial charge >= 0.3 is 5.97 Å². The number of methoxy groups -OCH3 is 1. The highest BCUT2D eigenvalue weighted by Gasteiger charge is 2.44. The maximum atomic E-state index is 14.8. The summed E-state index contributed by atoms with van der Waals surface area (Å²) in [6, 6.07) is 3.83. The highest BCUT2D eigenvalue weighted by atomic mass is 32.1. The van der Waals surface area contributed by atoms with Crippen LogP contribution in [0.4, 0.5) is 0 Å². The fourth-order valence-corrected chi connectivity index (χ4v) is 8.03. The van der Waals surface area contributed by atoms with Crippen LogP contribution in [-0.4, -0.2) is 102 Å². The maximum Gasteiger partial charge on any atom is 0.308 e. The molecule has 1 saturated heterocycles. The Balaban J connectivity index is 1.76. The van der Waals surface area contributed by atoms with Gasteiger partial charge in [-0.1, -0.05) is 99.6 Å². The zero-order valence-corrected chi connectivity index (χ0v) is 36.5. The molecule has 1 fully saturated rings. The quantitative estimate of drug-likeness (QED) is 0.211. The Morgan fingerprint density at radius 3 is 2.21 bits per heavy atom. The summed E-state index contributed by atoms with van der Waals surface area (Å²) in [5.41, 5.74) is -0.707. The van der Waals surface area contributed by atoms with Crippen LogP contribution in [0.2, 0.25) is 0 Å². The molecule has 5 N–H and O–H groups in total. The van der Waals surface area contributed by atoms with Gasteiger partial charge in [0.25, 0.3) is 0 Å². The minimum Gasteiger partial charge on any atom is -0.469 e. The average Bonchev–Trinajstić information content (AvgIpc) is 3.83. The molecule has 15 nitrogen and oxygen atoms in total. The molecule has 8 atom stereocenters. The standard InChI is InChI=1S/C42H62N8O7S/c1-23(2)30-36(53)49-33(41(5,6)7)35(44-22-28(51)50-19-17-24(3)32(50)38(55)46-30)48-34(42(8,9)10)39(56)47-31(25(4)26-15-13-12-14-16-26)37(54)45-27(21-29(52)57-11)40-43-18-20-58-40/h12-16,18,20,23-25,27,30-34H,17,19,21-22H2,1-11H3,(H,44,48)(H,45,54)(H,46,55)(H,47,56)(H,49,53)/t24-,25+,27-,30+,31?,32+,33-,34-/m1/s1. The number of amidine groups is 1. The van der Waals surface area contributed by atoms with Crippen molar-refractivity contribution in [3.8, 4) is 0 Å². The van der Waals surface area contributed by atoms with E-state index in [1.165, 1.54) is 23.3 Å². The Kier molecular flexibility index (Phi) is 15.2. The largest absolute Gasteiger partial charge is 0.469 e. The molecule has 1 aromatic heterocycles. The van der Waals surface area contributed by atoms with Gasteiger partial charge in [-0.05, 0) is 34.7 Å². The maximum absolute atomic E-state index is 14.8. The van der Waals surface area contributed by atoms with E-state index in [4.69, 9.17) is 9.73 Å². The second-order valence-electron chi connectivity index (χ2n) is 17.9. The fourth-order valence-electron chi connectivity index (χ4n) is 7.34. The van der Waals surface area contributed by atoms with Crippen LogP contribution < -0.4 is 26.6 Å². The lowest BCUT2D eigenvalue weighted by Crippen LogP contribution is -2.65. The van der Waals surface area contributed by atoms with Crippen molar-refractivity contribution >= 4 is 52.7 Å². The molecule has 16 heteroatoms. The van der Waals surface area contributed by atoms with Gasteiger partial charge in [0.15, 0.2) is 0 Å². The zero-order valence-electron chi connectivity index (χ0n) is 35.7. The van der Waals surface area contributed by atoms with Gasteiger partial charge in [0.1, 0.15) is 41.6 Å². The Bertz CT molecular complexity index is 1800. The Labute approximate surface area is 346 Å². The van der Waals surface area contributed by atoms with Gasteiger partial charge in [0, 0.05) is 24.0 Å². The van der Waals surface area contributed by atoms with Crippen LogP contribution in [0.3, 0.4) is 0 Å². The number of amides is 5. The number of carbonyl (C=O) groups excluding carboxylic acids is 6. The van der Waals surface area contributed by atoms with Crippen molar-refractivity contribution in [2.45, 2.75) is 124 Å². The summed E-state index contributed by atoms with van der Waals surface area (Å²) in [4.78, 5) is 93.8. The molecular formula is C42H62N8O7S. The third kappa shape index (κ3) is 11.4. The second-order valence-corrected chi connectivity index (χ2v) is 18.8. The normalized spacial score (nSPS) is 22.8. The zero-order chi connectivity index (χ0) is 43.1.